The van der Waals surface area contributed by atoms with E-state index >= 15 is 0 Å². The highest BCUT2D eigenvalue weighted by Gasteiger charge is 2.71. The molecule has 2 fully saturated rings. The second kappa shape index (κ2) is 4.55. The maximum Gasteiger partial charge on any atom is 0.245 e. The number of ether oxygens (including phenoxy) is 1. The van der Waals surface area contributed by atoms with E-state index in [9.17, 15) is 4.79 Å². The number of aryl methyl sites for hydroxylation is 2. The summed E-state index contributed by atoms with van der Waals surface area (Å²) < 4.78 is 5.74. The van der Waals surface area contributed by atoms with Crippen LogP contribution in [0.5, 0.6) is 0 Å². The van der Waals surface area contributed by atoms with Gasteiger partial charge in [-0.2, -0.15) is 0 Å². The Hall–Kier alpha value is -1.39. The lowest BCUT2D eigenvalue weighted by molar-refractivity contribution is -0.170. The first-order valence-electron chi connectivity index (χ1n) is 7.57. The molecule has 0 spiro atoms. The molecular weight excluding hydrogens is 264 g/mol. The van der Waals surface area contributed by atoms with Crippen molar-refractivity contribution in [2.24, 2.45) is 17.1 Å². The zero-order valence-corrected chi connectivity index (χ0v) is 13.2. The van der Waals surface area contributed by atoms with Crippen LogP contribution in [0, 0.1) is 25.2 Å². The molecule has 1 aromatic rings. The number of nitrogens with two attached hydrogens (primary N) is 1. The Morgan fingerprint density at radius 3 is 2.76 bits per heavy atom. The van der Waals surface area contributed by atoms with E-state index in [4.69, 9.17) is 10.5 Å². The van der Waals surface area contributed by atoms with Crippen LogP contribution in [0.4, 0.5) is 5.69 Å². The normalized spacial score (nSPS) is 33.2. The van der Waals surface area contributed by atoms with Gasteiger partial charge in [-0.25, -0.2) is 0 Å². The molecule has 2 aliphatic rings. The highest BCUT2D eigenvalue weighted by atomic mass is 16.5. The smallest absolute Gasteiger partial charge is 0.245 e. The highest BCUT2D eigenvalue weighted by Crippen LogP contribution is 2.58. The molecule has 1 heterocycles. The van der Waals surface area contributed by atoms with Gasteiger partial charge in [-0.15, -0.1) is 0 Å². The van der Waals surface area contributed by atoms with Gasteiger partial charge in [0, 0.05) is 23.6 Å². The number of fused-ring (bicyclic) bond motifs is 1. The van der Waals surface area contributed by atoms with Crippen LogP contribution in [-0.4, -0.2) is 24.2 Å². The van der Waals surface area contributed by atoms with Crippen molar-refractivity contribution in [3.05, 3.63) is 29.3 Å². The fraction of sp³-hybridized carbons (Fsp3) is 0.588. The molecule has 1 saturated carbocycles. The van der Waals surface area contributed by atoms with Crippen LogP contribution in [0.15, 0.2) is 18.2 Å². The van der Waals surface area contributed by atoms with Gasteiger partial charge in [0.2, 0.25) is 5.91 Å². The Kier molecular flexibility index (Phi) is 3.15. The standard InChI is InChI=1S/C17H24N2O2/c1-10-5-6-13(11(2)9-10)19-15(20)17(18)12-7-8-21-14(12)16(17,3)4/h5-6,9,12,14H,7-8,18H2,1-4H3,(H,19,20). The Bertz CT molecular complexity index is 596. The predicted octanol–water partition coefficient (Wildman–Crippen LogP) is 2.38. The summed E-state index contributed by atoms with van der Waals surface area (Å²) in [4.78, 5) is 12.8. The third-order valence-electron chi connectivity index (χ3n) is 5.46. The number of benzene rings is 1. The Balaban J connectivity index is 1.85. The number of carbonyl (C=O) groups is 1. The first-order valence-corrected chi connectivity index (χ1v) is 7.57. The van der Waals surface area contributed by atoms with Gasteiger partial charge in [0.1, 0.15) is 5.54 Å². The molecule has 4 nitrogen and oxygen atoms in total. The van der Waals surface area contributed by atoms with Crippen molar-refractivity contribution >= 4 is 11.6 Å². The number of rotatable bonds is 2. The lowest BCUT2D eigenvalue weighted by Gasteiger charge is -2.60. The van der Waals surface area contributed by atoms with Crippen molar-refractivity contribution in [3.8, 4) is 0 Å². The predicted molar refractivity (Wildman–Crippen MR) is 83.1 cm³/mol. The van der Waals surface area contributed by atoms with Crippen molar-refractivity contribution in [1.82, 2.24) is 0 Å². The van der Waals surface area contributed by atoms with Crippen molar-refractivity contribution in [2.45, 2.75) is 45.8 Å². The van der Waals surface area contributed by atoms with Gasteiger partial charge < -0.3 is 15.8 Å². The number of anilines is 1. The minimum Gasteiger partial charge on any atom is -0.377 e. The molecule has 3 N–H and O–H groups in total. The zero-order chi connectivity index (χ0) is 15.4. The number of amides is 1. The largest absolute Gasteiger partial charge is 0.377 e. The Morgan fingerprint density at radius 2 is 2.10 bits per heavy atom. The molecule has 3 rings (SSSR count). The molecule has 1 aliphatic carbocycles. The molecule has 0 aromatic heterocycles. The summed E-state index contributed by atoms with van der Waals surface area (Å²) in [5.74, 6) is 0.0319. The lowest BCUT2D eigenvalue weighted by Crippen LogP contribution is -2.79. The molecule has 1 amide bonds. The second-order valence-corrected chi connectivity index (χ2v) is 7.05. The quantitative estimate of drug-likeness (QED) is 0.878. The topological polar surface area (TPSA) is 64.4 Å². The first-order chi connectivity index (χ1) is 9.78. The van der Waals surface area contributed by atoms with Crippen LogP contribution in [0.2, 0.25) is 0 Å². The van der Waals surface area contributed by atoms with Crippen molar-refractivity contribution in [1.29, 1.82) is 0 Å². The summed E-state index contributed by atoms with van der Waals surface area (Å²) in [5.41, 5.74) is 8.43. The fourth-order valence-corrected chi connectivity index (χ4v) is 4.02. The van der Waals surface area contributed by atoms with Crippen LogP contribution >= 0.6 is 0 Å². The summed E-state index contributed by atoms with van der Waals surface area (Å²) in [7, 11) is 0. The van der Waals surface area contributed by atoms with E-state index in [1.54, 1.807) is 0 Å². The van der Waals surface area contributed by atoms with Gasteiger partial charge in [-0.3, -0.25) is 4.79 Å². The van der Waals surface area contributed by atoms with Gasteiger partial charge in [0.25, 0.3) is 0 Å². The molecule has 1 saturated heterocycles. The van der Waals surface area contributed by atoms with Crippen molar-refractivity contribution < 1.29 is 9.53 Å². The van der Waals surface area contributed by atoms with Gasteiger partial charge in [0.05, 0.1) is 6.10 Å². The maximum absolute atomic E-state index is 12.8. The summed E-state index contributed by atoms with van der Waals surface area (Å²) in [6.45, 7) is 8.80. The summed E-state index contributed by atoms with van der Waals surface area (Å²) in [6.07, 6.45) is 0.970. The Labute approximate surface area is 126 Å². The third-order valence-corrected chi connectivity index (χ3v) is 5.46. The molecule has 0 bridgehead atoms. The van der Waals surface area contributed by atoms with E-state index in [-0.39, 0.29) is 23.3 Å². The summed E-state index contributed by atoms with van der Waals surface area (Å²) >= 11 is 0. The average molecular weight is 288 g/mol. The minimum absolute atomic E-state index is 0.0915. The van der Waals surface area contributed by atoms with Gasteiger partial charge in [-0.05, 0) is 31.9 Å². The van der Waals surface area contributed by atoms with Crippen LogP contribution in [0.25, 0.3) is 0 Å². The van der Waals surface area contributed by atoms with E-state index in [2.05, 4.69) is 11.4 Å². The van der Waals surface area contributed by atoms with Crippen LogP contribution < -0.4 is 11.1 Å². The number of hydrogen-bond acceptors (Lipinski definition) is 3. The average Bonchev–Trinajstić information content (AvgIpc) is 2.89. The summed E-state index contributed by atoms with van der Waals surface area (Å²) in [5, 5.41) is 3.03. The van der Waals surface area contributed by atoms with Crippen molar-refractivity contribution in [3.63, 3.8) is 0 Å². The summed E-state index contributed by atoms with van der Waals surface area (Å²) in [6, 6.07) is 6.01. The molecule has 21 heavy (non-hydrogen) atoms. The van der Waals surface area contributed by atoms with E-state index < -0.39 is 5.54 Å². The molecule has 3 atom stereocenters. The van der Waals surface area contributed by atoms with E-state index in [1.807, 2.05) is 39.8 Å². The Morgan fingerprint density at radius 1 is 1.38 bits per heavy atom. The molecule has 114 valence electrons. The SMILES string of the molecule is Cc1ccc(NC(=O)C2(N)C3CCOC3C2(C)C)c(C)c1. The molecular formula is C17H24N2O2. The van der Waals surface area contributed by atoms with E-state index in [1.165, 1.54) is 5.56 Å². The van der Waals surface area contributed by atoms with Crippen LogP contribution in [-0.2, 0) is 9.53 Å². The molecule has 4 heteroatoms. The lowest BCUT2D eigenvalue weighted by atomic mass is 9.48. The molecule has 0 radical (unpaired) electrons. The minimum atomic E-state index is -0.856. The first kappa shape index (κ1) is 14.5. The van der Waals surface area contributed by atoms with Gasteiger partial charge in [-0.1, -0.05) is 31.5 Å². The molecule has 1 aromatic carbocycles. The van der Waals surface area contributed by atoms with Gasteiger partial charge in [0.15, 0.2) is 0 Å². The molecule has 3 unspecified atom stereocenters. The van der Waals surface area contributed by atoms with Crippen LogP contribution in [0.1, 0.15) is 31.4 Å². The number of nitrogens with one attached hydrogen (secondary N) is 1. The second-order valence-electron chi connectivity index (χ2n) is 7.05. The maximum atomic E-state index is 12.8. The zero-order valence-electron chi connectivity index (χ0n) is 13.2. The van der Waals surface area contributed by atoms with Crippen molar-refractivity contribution in [2.75, 3.05) is 11.9 Å². The van der Waals surface area contributed by atoms with E-state index in [0.717, 1.165) is 17.7 Å². The fourth-order valence-electron chi connectivity index (χ4n) is 4.02. The van der Waals surface area contributed by atoms with E-state index in [0.29, 0.717) is 6.61 Å². The monoisotopic (exact) mass is 288 g/mol. The third kappa shape index (κ3) is 1.86. The number of hydrogen-bond donors (Lipinski definition) is 2. The number of carbonyl (C=O) groups excluding carboxylic acids is 1. The highest BCUT2D eigenvalue weighted by molar-refractivity contribution is 6.00. The molecule has 1 aliphatic heterocycles. The van der Waals surface area contributed by atoms with Crippen LogP contribution in [0.3, 0.4) is 0 Å². The van der Waals surface area contributed by atoms with Gasteiger partial charge >= 0.3 is 0 Å².